The van der Waals surface area contributed by atoms with Crippen LogP contribution in [0.15, 0.2) is 24.3 Å². The van der Waals surface area contributed by atoms with Crippen molar-refractivity contribution in [2.75, 3.05) is 5.73 Å². The molecule has 2 heterocycles. The fraction of sp³-hybridized carbons (Fsp3) is 0.308. The van der Waals surface area contributed by atoms with Crippen molar-refractivity contribution in [3.63, 3.8) is 0 Å². The third kappa shape index (κ3) is 1.33. The second-order valence-electron chi connectivity index (χ2n) is 4.77. The highest BCUT2D eigenvalue weighted by Crippen LogP contribution is 2.26. The molecular weight excluding hydrogens is 212 g/mol. The van der Waals surface area contributed by atoms with Gasteiger partial charge in [0.2, 0.25) is 0 Å². The minimum absolute atomic E-state index is 0.382. The molecule has 0 aliphatic rings. The number of nitrogen functional groups attached to an aromatic ring is 1. The molecule has 3 aromatic rings. The Labute approximate surface area is 99.6 Å². The molecule has 3 rings (SSSR count). The van der Waals surface area contributed by atoms with Gasteiger partial charge in [-0.05, 0) is 39.0 Å². The van der Waals surface area contributed by atoms with Gasteiger partial charge in [-0.25, -0.2) is 4.52 Å². The summed E-state index contributed by atoms with van der Waals surface area (Å²) in [6.07, 6.45) is 0. The summed E-state index contributed by atoms with van der Waals surface area (Å²) in [5.41, 5.74) is 11.1. The van der Waals surface area contributed by atoms with Gasteiger partial charge in [0.1, 0.15) is 5.65 Å². The molecule has 0 spiro atoms. The molecule has 0 amide bonds. The first kappa shape index (κ1) is 10.2. The highest BCUT2D eigenvalue weighted by Gasteiger charge is 2.14. The smallest absolute Gasteiger partial charge is 0.137 e. The molecule has 2 aromatic heterocycles. The van der Waals surface area contributed by atoms with E-state index in [-0.39, 0.29) is 0 Å². The molecule has 0 radical (unpaired) electrons. The number of benzene rings is 1. The number of anilines is 1. The number of nitrogens with two attached hydrogens (primary N) is 1. The van der Waals surface area contributed by atoms with Crippen LogP contribution >= 0.6 is 0 Å². The Morgan fingerprint density at radius 3 is 2.65 bits per heavy atom. The lowest BCUT2D eigenvalue weighted by atomic mass is 10.2. The number of hydrogen-bond acceptors (Lipinski definition) is 2. The third-order valence-corrected chi connectivity index (χ3v) is 3.06. The Bertz CT molecular complexity index is 703. The van der Waals surface area contributed by atoms with Crippen LogP contribution in [0.25, 0.3) is 16.7 Å². The highest BCUT2D eigenvalue weighted by atomic mass is 15.3. The first-order valence-corrected chi connectivity index (χ1v) is 5.83. The SMILES string of the molecule is Cc1cc2n(C(C)C)c3cc(N)ccc3n2n1. The van der Waals surface area contributed by atoms with Crippen molar-refractivity contribution in [3.8, 4) is 0 Å². The van der Waals surface area contributed by atoms with Gasteiger partial charge in [-0.2, -0.15) is 5.10 Å². The normalized spacial score (nSPS) is 12.0. The molecule has 0 aliphatic heterocycles. The minimum Gasteiger partial charge on any atom is -0.399 e. The second-order valence-corrected chi connectivity index (χ2v) is 4.77. The average molecular weight is 228 g/mol. The van der Waals surface area contributed by atoms with E-state index in [2.05, 4.69) is 29.6 Å². The molecule has 0 saturated carbocycles. The molecule has 2 N–H and O–H groups in total. The number of nitrogens with zero attached hydrogens (tertiary/aromatic N) is 3. The van der Waals surface area contributed by atoms with E-state index in [0.29, 0.717) is 6.04 Å². The van der Waals surface area contributed by atoms with Crippen molar-refractivity contribution in [1.29, 1.82) is 0 Å². The lowest BCUT2D eigenvalue weighted by Crippen LogP contribution is -2.00. The number of hydrogen-bond donors (Lipinski definition) is 1. The van der Waals surface area contributed by atoms with E-state index in [0.717, 1.165) is 28.1 Å². The molecule has 0 saturated heterocycles. The summed E-state index contributed by atoms with van der Waals surface area (Å²) in [4.78, 5) is 0. The van der Waals surface area contributed by atoms with Crippen molar-refractivity contribution >= 4 is 22.4 Å². The first-order valence-electron chi connectivity index (χ1n) is 5.83. The molecule has 4 heteroatoms. The van der Waals surface area contributed by atoms with Gasteiger partial charge in [0, 0.05) is 17.8 Å². The number of aromatic nitrogens is 3. The van der Waals surface area contributed by atoms with E-state index in [9.17, 15) is 0 Å². The molecular formula is C13H16N4. The van der Waals surface area contributed by atoms with Gasteiger partial charge in [0.05, 0.1) is 16.7 Å². The molecule has 0 aliphatic carbocycles. The molecule has 0 unspecified atom stereocenters. The molecule has 0 bridgehead atoms. The van der Waals surface area contributed by atoms with E-state index in [4.69, 9.17) is 5.73 Å². The molecule has 17 heavy (non-hydrogen) atoms. The summed E-state index contributed by atoms with van der Waals surface area (Å²) in [5.74, 6) is 0. The van der Waals surface area contributed by atoms with Crippen LogP contribution in [0, 0.1) is 6.92 Å². The van der Waals surface area contributed by atoms with Crippen LogP contribution < -0.4 is 5.73 Å². The number of aryl methyl sites for hydroxylation is 1. The van der Waals surface area contributed by atoms with Crippen molar-refractivity contribution in [3.05, 3.63) is 30.0 Å². The Hall–Kier alpha value is -1.97. The lowest BCUT2D eigenvalue weighted by Gasteiger charge is -2.09. The van der Waals surface area contributed by atoms with Crippen molar-refractivity contribution < 1.29 is 0 Å². The second kappa shape index (κ2) is 3.26. The topological polar surface area (TPSA) is 48.2 Å². The Balaban J connectivity index is 2.54. The maximum absolute atomic E-state index is 5.87. The van der Waals surface area contributed by atoms with Gasteiger partial charge < -0.3 is 10.3 Å². The van der Waals surface area contributed by atoms with Crippen LogP contribution in [-0.4, -0.2) is 14.2 Å². The summed E-state index contributed by atoms with van der Waals surface area (Å²) in [6.45, 7) is 6.36. The van der Waals surface area contributed by atoms with Gasteiger partial charge in [0.15, 0.2) is 0 Å². The number of imidazole rings is 1. The Morgan fingerprint density at radius 1 is 1.18 bits per heavy atom. The van der Waals surface area contributed by atoms with Gasteiger partial charge in [-0.15, -0.1) is 0 Å². The number of fused-ring (bicyclic) bond motifs is 3. The van der Waals surface area contributed by atoms with Crippen molar-refractivity contribution in [2.24, 2.45) is 0 Å². The zero-order valence-corrected chi connectivity index (χ0v) is 10.3. The van der Waals surface area contributed by atoms with E-state index in [1.807, 2.05) is 29.6 Å². The predicted octanol–water partition coefficient (Wildman–Crippen LogP) is 2.76. The van der Waals surface area contributed by atoms with Crippen LogP contribution in [-0.2, 0) is 0 Å². The third-order valence-electron chi connectivity index (χ3n) is 3.06. The molecule has 4 nitrogen and oxygen atoms in total. The van der Waals surface area contributed by atoms with E-state index < -0.39 is 0 Å². The fourth-order valence-electron chi connectivity index (χ4n) is 2.41. The standard InChI is InChI=1S/C13H16N4/c1-8(2)16-12-7-10(14)4-5-11(12)17-13(16)6-9(3)15-17/h4-8H,14H2,1-3H3. The van der Waals surface area contributed by atoms with Gasteiger partial charge in [-0.3, -0.25) is 0 Å². The highest BCUT2D eigenvalue weighted by molar-refractivity contribution is 5.84. The van der Waals surface area contributed by atoms with E-state index >= 15 is 0 Å². The summed E-state index contributed by atoms with van der Waals surface area (Å²) >= 11 is 0. The van der Waals surface area contributed by atoms with Crippen LogP contribution in [0.4, 0.5) is 5.69 Å². The van der Waals surface area contributed by atoms with Gasteiger partial charge >= 0.3 is 0 Å². The zero-order valence-electron chi connectivity index (χ0n) is 10.3. The van der Waals surface area contributed by atoms with Crippen LogP contribution in [0.2, 0.25) is 0 Å². The van der Waals surface area contributed by atoms with Crippen LogP contribution in [0.5, 0.6) is 0 Å². The van der Waals surface area contributed by atoms with Crippen molar-refractivity contribution in [2.45, 2.75) is 26.8 Å². The van der Waals surface area contributed by atoms with Crippen LogP contribution in [0.3, 0.4) is 0 Å². The summed E-state index contributed by atoms with van der Waals surface area (Å²) in [5, 5.41) is 4.53. The lowest BCUT2D eigenvalue weighted by molar-refractivity contribution is 0.636. The molecule has 1 aromatic carbocycles. The Kier molecular flexibility index (Phi) is 1.96. The van der Waals surface area contributed by atoms with Crippen molar-refractivity contribution in [1.82, 2.24) is 14.2 Å². The maximum atomic E-state index is 5.87. The van der Waals surface area contributed by atoms with E-state index in [1.54, 1.807) is 0 Å². The quantitative estimate of drug-likeness (QED) is 0.651. The summed E-state index contributed by atoms with van der Waals surface area (Å²) < 4.78 is 4.26. The molecule has 88 valence electrons. The fourth-order valence-corrected chi connectivity index (χ4v) is 2.41. The zero-order chi connectivity index (χ0) is 12.2. The summed E-state index contributed by atoms with van der Waals surface area (Å²) in [7, 11) is 0. The molecule has 0 atom stereocenters. The molecule has 0 fully saturated rings. The maximum Gasteiger partial charge on any atom is 0.137 e. The Morgan fingerprint density at radius 2 is 1.94 bits per heavy atom. The van der Waals surface area contributed by atoms with Gasteiger partial charge in [0.25, 0.3) is 0 Å². The monoisotopic (exact) mass is 228 g/mol. The first-order chi connectivity index (χ1) is 8.08. The minimum atomic E-state index is 0.382. The predicted molar refractivity (Wildman–Crippen MR) is 70.2 cm³/mol. The average Bonchev–Trinajstić information content (AvgIpc) is 2.71. The number of rotatable bonds is 1. The van der Waals surface area contributed by atoms with Crippen LogP contribution in [0.1, 0.15) is 25.6 Å². The van der Waals surface area contributed by atoms with E-state index in [1.165, 1.54) is 0 Å². The summed E-state index contributed by atoms with van der Waals surface area (Å²) in [6, 6.07) is 8.45. The van der Waals surface area contributed by atoms with Gasteiger partial charge in [-0.1, -0.05) is 0 Å². The largest absolute Gasteiger partial charge is 0.399 e.